The van der Waals surface area contributed by atoms with Gasteiger partial charge in [-0.1, -0.05) is 29.8 Å². The summed E-state index contributed by atoms with van der Waals surface area (Å²) in [5, 5.41) is 3.38. The van der Waals surface area contributed by atoms with Crippen molar-refractivity contribution in [1.82, 2.24) is 9.88 Å². The third kappa shape index (κ3) is 4.53. The minimum atomic E-state index is -3.81. The molecule has 0 bridgehead atoms. The Morgan fingerprint density at radius 1 is 0.967 bits per heavy atom. The fraction of sp³-hybridized carbons (Fsp3) is 0.182. The molecule has 0 atom stereocenters. The number of hydrogen-bond donors (Lipinski definition) is 3. The van der Waals surface area contributed by atoms with Crippen LogP contribution < -0.4 is 9.44 Å². The van der Waals surface area contributed by atoms with E-state index in [1.54, 1.807) is 30.3 Å². The van der Waals surface area contributed by atoms with Crippen molar-refractivity contribution in [2.24, 2.45) is 0 Å². The lowest BCUT2D eigenvalue weighted by Gasteiger charge is -2.12. The summed E-state index contributed by atoms with van der Waals surface area (Å²) in [6, 6.07) is 16.3. The maximum atomic E-state index is 12.7. The van der Waals surface area contributed by atoms with Crippen molar-refractivity contribution in [3.8, 4) is 0 Å². The van der Waals surface area contributed by atoms with E-state index in [0.29, 0.717) is 16.4 Å². The first-order valence-corrected chi connectivity index (χ1v) is 11.4. The van der Waals surface area contributed by atoms with Crippen LogP contribution in [0.15, 0.2) is 60.8 Å². The van der Waals surface area contributed by atoms with E-state index in [9.17, 15) is 8.42 Å². The highest BCUT2D eigenvalue weighted by atomic mass is 35.5. The van der Waals surface area contributed by atoms with Crippen LogP contribution in [-0.4, -0.2) is 38.9 Å². The summed E-state index contributed by atoms with van der Waals surface area (Å²) in [7, 11) is 0.249. The van der Waals surface area contributed by atoms with Crippen LogP contribution in [0, 0.1) is 0 Å². The van der Waals surface area contributed by atoms with E-state index in [0.717, 1.165) is 40.2 Å². The number of likely N-dealkylation sites (N-methyl/N-ethyl adjacent to an activating group) is 1. The molecule has 0 saturated carbocycles. The van der Waals surface area contributed by atoms with Crippen LogP contribution in [0.3, 0.4) is 0 Å². The van der Waals surface area contributed by atoms with Crippen LogP contribution in [0.25, 0.3) is 21.7 Å². The van der Waals surface area contributed by atoms with Gasteiger partial charge >= 0.3 is 10.2 Å². The summed E-state index contributed by atoms with van der Waals surface area (Å²) in [5.41, 5.74) is 3.10. The molecule has 6 nitrogen and oxygen atoms in total. The Bertz CT molecular complexity index is 1320. The first kappa shape index (κ1) is 20.5. The van der Waals surface area contributed by atoms with Crippen molar-refractivity contribution < 1.29 is 8.42 Å². The summed E-state index contributed by atoms with van der Waals surface area (Å²) in [6.07, 6.45) is 2.85. The molecule has 0 unspecified atom stereocenters. The van der Waals surface area contributed by atoms with Gasteiger partial charge in [-0.15, -0.1) is 0 Å². The maximum Gasteiger partial charge on any atom is 0.321 e. The van der Waals surface area contributed by atoms with Crippen molar-refractivity contribution in [1.29, 1.82) is 0 Å². The molecule has 156 valence electrons. The second-order valence-electron chi connectivity index (χ2n) is 7.51. The second-order valence-corrected chi connectivity index (χ2v) is 9.33. The van der Waals surface area contributed by atoms with Gasteiger partial charge in [0, 0.05) is 34.1 Å². The molecular weight excluding hydrogens is 420 g/mol. The highest BCUT2D eigenvalue weighted by Gasteiger charge is 2.13. The third-order valence-corrected chi connectivity index (χ3v) is 6.27. The Balaban J connectivity index is 1.55. The van der Waals surface area contributed by atoms with Gasteiger partial charge in [0.25, 0.3) is 0 Å². The Morgan fingerprint density at radius 2 is 1.70 bits per heavy atom. The van der Waals surface area contributed by atoms with Crippen molar-refractivity contribution in [3.63, 3.8) is 0 Å². The number of nitrogens with one attached hydrogen (secondary N) is 3. The van der Waals surface area contributed by atoms with E-state index in [2.05, 4.69) is 19.3 Å². The van der Waals surface area contributed by atoms with Crippen LogP contribution in [-0.2, 0) is 16.6 Å². The van der Waals surface area contributed by atoms with Crippen LogP contribution >= 0.6 is 11.6 Å². The molecular formula is C22H23ClN4O2S. The smallest absolute Gasteiger partial charge is 0.321 e. The molecule has 0 spiro atoms. The molecule has 0 aliphatic rings. The Labute approximate surface area is 181 Å². The highest BCUT2D eigenvalue weighted by molar-refractivity contribution is 7.94. The number of halogens is 1. The average molecular weight is 443 g/mol. The van der Waals surface area contributed by atoms with E-state index in [1.807, 2.05) is 44.6 Å². The predicted octanol–water partition coefficient (Wildman–Crippen LogP) is 4.85. The lowest BCUT2D eigenvalue weighted by atomic mass is 10.1. The van der Waals surface area contributed by atoms with Gasteiger partial charge in [-0.3, -0.25) is 9.44 Å². The third-order valence-electron chi connectivity index (χ3n) is 4.93. The lowest BCUT2D eigenvalue weighted by Crippen LogP contribution is -2.21. The molecule has 30 heavy (non-hydrogen) atoms. The molecule has 1 heterocycles. The first-order chi connectivity index (χ1) is 14.3. The number of nitrogens with zero attached hydrogens (tertiary/aromatic N) is 1. The zero-order valence-corrected chi connectivity index (χ0v) is 18.3. The normalized spacial score (nSPS) is 12.0. The standard InChI is InChI=1S/C22H23ClN4O2S/c1-27(2)11-10-16-14-24-22-9-7-18(13-20(16)22)26-30(28,29)25-17-6-8-19-15(12-17)4-3-5-21(19)23/h3-9,12-14,24-26H,10-11H2,1-2H3. The average Bonchev–Trinajstić information content (AvgIpc) is 3.08. The SMILES string of the molecule is CN(C)CCc1c[nH]c2ccc(NS(=O)(=O)Nc3ccc4c(Cl)cccc4c3)cc12. The topological polar surface area (TPSA) is 77.2 Å². The van der Waals surface area contributed by atoms with Crippen molar-refractivity contribution in [2.75, 3.05) is 30.1 Å². The van der Waals surface area contributed by atoms with Gasteiger partial charge in [-0.05, 0) is 67.9 Å². The van der Waals surface area contributed by atoms with Crippen molar-refractivity contribution >= 4 is 54.9 Å². The van der Waals surface area contributed by atoms with E-state index < -0.39 is 10.2 Å². The summed E-state index contributed by atoms with van der Waals surface area (Å²) >= 11 is 6.18. The van der Waals surface area contributed by atoms with E-state index >= 15 is 0 Å². The van der Waals surface area contributed by atoms with Gasteiger partial charge in [0.1, 0.15) is 0 Å². The number of benzene rings is 3. The molecule has 4 rings (SSSR count). The molecule has 8 heteroatoms. The molecule has 3 aromatic carbocycles. The maximum absolute atomic E-state index is 12.7. The van der Waals surface area contributed by atoms with E-state index in [-0.39, 0.29) is 0 Å². The summed E-state index contributed by atoms with van der Waals surface area (Å²) in [6.45, 7) is 0.913. The molecule has 0 fully saturated rings. The zero-order valence-electron chi connectivity index (χ0n) is 16.7. The van der Waals surface area contributed by atoms with Crippen LogP contribution in [0.1, 0.15) is 5.56 Å². The highest BCUT2D eigenvalue weighted by Crippen LogP contribution is 2.27. The minimum absolute atomic E-state index is 0.465. The fourth-order valence-electron chi connectivity index (χ4n) is 3.44. The van der Waals surface area contributed by atoms with Gasteiger partial charge in [0.05, 0.1) is 11.4 Å². The molecule has 0 aliphatic carbocycles. The molecule has 3 N–H and O–H groups in total. The molecule has 0 saturated heterocycles. The lowest BCUT2D eigenvalue weighted by molar-refractivity contribution is 0.414. The van der Waals surface area contributed by atoms with Crippen LogP contribution in [0.4, 0.5) is 11.4 Å². The first-order valence-electron chi connectivity index (χ1n) is 9.54. The summed E-state index contributed by atoms with van der Waals surface area (Å²) in [5.74, 6) is 0. The van der Waals surface area contributed by atoms with Gasteiger partial charge in [0.15, 0.2) is 0 Å². The number of H-pyrrole nitrogens is 1. The van der Waals surface area contributed by atoms with Crippen molar-refractivity contribution in [2.45, 2.75) is 6.42 Å². The van der Waals surface area contributed by atoms with Crippen LogP contribution in [0.2, 0.25) is 5.02 Å². The molecule has 0 radical (unpaired) electrons. The Kier molecular flexibility index (Phi) is 5.60. The molecule has 0 amide bonds. The van der Waals surface area contributed by atoms with Gasteiger partial charge in [0.2, 0.25) is 0 Å². The number of fused-ring (bicyclic) bond motifs is 2. The Hall–Kier alpha value is -2.74. The molecule has 4 aromatic rings. The molecule has 0 aliphatic heterocycles. The summed E-state index contributed by atoms with van der Waals surface area (Å²) in [4.78, 5) is 5.36. The fourth-order valence-corrected chi connectivity index (χ4v) is 4.61. The monoisotopic (exact) mass is 442 g/mol. The van der Waals surface area contributed by atoms with Crippen LogP contribution in [0.5, 0.6) is 0 Å². The minimum Gasteiger partial charge on any atom is -0.361 e. The Morgan fingerprint density at radius 3 is 2.47 bits per heavy atom. The summed E-state index contributed by atoms with van der Waals surface area (Å²) < 4.78 is 30.6. The largest absolute Gasteiger partial charge is 0.361 e. The number of rotatable bonds is 7. The van der Waals surface area contributed by atoms with Gasteiger partial charge < -0.3 is 9.88 Å². The quantitative estimate of drug-likeness (QED) is 0.383. The number of aromatic nitrogens is 1. The molecule has 1 aromatic heterocycles. The van der Waals surface area contributed by atoms with Gasteiger partial charge in [-0.25, -0.2) is 0 Å². The van der Waals surface area contributed by atoms with Crippen molar-refractivity contribution in [3.05, 3.63) is 71.4 Å². The number of aromatic amines is 1. The van der Waals surface area contributed by atoms with E-state index in [4.69, 9.17) is 11.6 Å². The number of hydrogen-bond acceptors (Lipinski definition) is 3. The predicted molar refractivity (Wildman–Crippen MR) is 126 cm³/mol. The number of anilines is 2. The zero-order chi connectivity index (χ0) is 21.3. The second kappa shape index (κ2) is 8.18. The van der Waals surface area contributed by atoms with Gasteiger partial charge in [-0.2, -0.15) is 8.42 Å². The van der Waals surface area contributed by atoms with E-state index in [1.165, 1.54) is 0 Å².